The summed E-state index contributed by atoms with van der Waals surface area (Å²) in [6.07, 6.45) is 3.20. The van der Waals surface area contributed by atoms with Gasteiger partial charge >= 0.3 is 0 Å². The Bertz CT molecular complexity index is 354. The number of aryl methyl sites for hydroxylation is 1. The van der Waals surface area contributed by atoms with Crippen LogP contribution in [0.4, 0.5) is 0 Å². The molecule has 0 aromatic carbocycles. The van der Waals surface area contributed by atoms with Crippen molar-refractivity contribution in [2.45, 2.75) is 32.2 Å². The molecule has 1 aliphatic rings. The van der Waals surface area contributed by atoms with E-state index in [9.17, 15) is 0 Å². The zero-order chi connectivity index (χ0) is 10.5. The minimum Gasteiger partial charge on any atom is -0.341 e. The Morgan fingerprint density at radius 2 is 2.29 bits per heavy atom. The summed E-state index contributed by atoms with van der Waals surface area (Å²) >= 11 is 6.21. The highest BCUT2D eigenvalue weighted by atomic mass is 35.5. The lowest BCUT2D eigenvalue weighted by atomic mass is 9.89. The quantitative estimate of drug-likeness (QED) is 0.761. The van der Waals surface area contributed by atoms with Crippen LogP contribution in [0, 0.1) is 5.92 Å². The van der Waals surface area contributed by atoms with Crippen LogP contribution in [0.15, 0.2) is 6.20 Å². The second kappa shape index (κ2) is 3.28. The SMILES string of the molecule is CC(N)C1c2cn(C)c(Cl)c2CC1C. The van der Waals surface area contributed by atoms with Crippen molar-refractivity contribution in [1.29, 1.82) is 0 Å². The first kappa shape index (κ1) is 10.1. The molecule has 14 heavy (non-hydrogen) atoms. The maximum absolute atomic E-state index is 6.21. The molecule has 0 fully saturated rings. The van der Waals surface area contributed by atoms with Crippen molar-refractivity contribution in [3.05, 3.63) is 22.5 Å². The van der Waals surface area contributed by atoms with Crippen molar-refractivity contribution >= 4 is 11.6 Å². The summed E-state index contributed by atoms with van der Waals surface area (Å²) in [4.78, 5) is 0. The molecule has 0 bridgehead atoms. The number of hydrogen-bond acceptors (Lipinski definition) is 1. The van der Waals surface area contributed by atoms with Gasteiger partial charge in [0, 0.05) is 25.2 Å². The molecule has 0 saturated carbocycles. The normalized spacial score (nSPS) is 27.8. The molecule has 3 atom stereocenters. The van der Waals surface area contributed by atoms with Crippen molar-refractivity contribution in [2.75, 3.05) is 0 Å². The Balaban J connectivity index is 2.46. The molecule has 0 saturated heterocycles. The van der Waals surface area contributed by atoms with Gasteiger partial charge in [0.25, 0.3) is 0 Å². The zero-order valence-corrected chi connectivity index (χ0v) is 9.67. The number of halogens is 1. The Hall–Kier alpha value is -0.470. The van der Waals surface area contributed by atoms with Crippen LogP contribution in [-0.2, 0) is 13.5 Å². The van der Waals surface area contributed by atoms with Gasteiger partial charge in [0.15, 0.2) is 0 Å². The number of fused-ring (bicyclic) bond motifs is 1. The monoisotopic (exact) mass is 212 g/mol. The molecule has 0 spiro atoms. The van der Waals surface area contributed by atoms with Crippen LogP contribution in [0.5, 0.6) is 0 Å². The molecule has 2 rings (SSSR count). The Morgan fingerprint density at radius 3 is 2.86 bits per heavy atom. The molecular weight excluding hydrogens is 196 g/mol. The third-order valence-corrected chi connectivity index (χ3v) is 3.80. The van der Waals surface area contributed by atoms with Crippen LogP contribution in [0.2, 0.25) is 5.15 Å². The van der Waals surface area contributed by atoms with Crippen molar-refractivity contribution in [2.24, 2.45) is 18.7 Å². The molecule has 1 aliphatic carbocycles. The highest BCUT2D eigenvalue weighted by Crippen LogP contribution is 2.43. The van der Waals surface area contributed by atoms with Gasteiger partial charge in [-0.15, -0.1) is 0 Å². The van der Waals surface area contributed by atoms with Crippen LogP contribution in [0.1, 0.15) is 30.9 Å². The fourth-order valence-corrected chi connectivity index (χ4v) is 2.96. The molecule has 0 amide bonds. The standard InChI is InChI=1S/C11H17ClN2/c1-6-4-8-9(10(6)7(2)13)5-14(3)11(8)12/h5-7,10H,4,13H2,1-3H3. The number of nitrogens with zero attached hydrogens (tertiary/aromatic N) is 1. The van der Waals surface area contributed by atoms with Crippen molar-refractivity contribution in [3.63, 3.8) is 0 Å². The predicted octanol–water partition coefficient (Wildman–Crippen LogP) is 2.30. The van der Waals surface area contributed by atoms with E-state index < -0.39 is 0 Å². The predicted molar refractivity (Wildman–Crippen MR) is 59.7 cm³/mol. The van der Waals surface area contributed by atoms with E-state index in [4.69, 9.17) is 17.3 Å². The topological polar surface area (TPSA) is 30.9 Å². The first-order chi connectivity index (χ1) is 6.52. The van der Waals surface area contributed by atoms with Crippen LogP contribution < -0.4 is 5.73 Å². The van der Waals surface area contributed by atoms with Crippen LogP contribution in [0.25, 0.3) is 0 Å². The van der Waals surface area contributed by atoms with Gasteiger partial charge in [0.2, 0.25) is 0 Å². The molecule has 2 nitrogen and oxygen atoms in total. The van der Waals surface area contributed by atoms with E-state index in [1.807, 2.05) is 11.6 Å². The lowest BCUT2D eigenvalue weighted by Crippen LogP contribution is -2.27. The highest BCUT2D eigenvalue weighted by Gasteiger charge is 2.34. The molecule has 1 aromatic heterocycles. The second-order valence-electron chi connectivity index (χ2n) is 4.53. The van der Waals surface area contributed by atoms with Crippen molar-refractivity contribution in [1.82, 2.24) is 4.57 Å². The van der Waals surface area contributed by atoms with Gasteiger partial charge in [-0.3, -0.25) is 0 Å². The molecule has 3 heteroatoms. The summed E-state index contributed by atoms with van der Waals surface area (Å²) in [7, 11) is 1.99. The zero-order valence-electron chi connectivity index (χ0n) is 8.92. The Morgan fingerprint density at radius 1 is 1.64 bits per heavy atom. The van der Waals surface area contributed by atoms with Gasteiger partial charge in [-0.1, -0.05) is 18.5 Å². The third-order valence-electron chi connectivity index (χ3n) is 3.30. The largest absolute Gasteiger partial charge is 0.341 e. The number of nitrogens with two attached hydrogens (primary N) is 1. The highest BCUT2D eigenvalue weighted by molar-refractivity contribution is 6.30. The van der Waals surface area contributed by atoms with E-state index in [1.54, 1.807) is 0 Å². The van der Waals surface area contributed by atoms with Gasteiger partial charge < -0.3 is 10.3 Å². The molecule has 78 valence electrons. The first-order valence-corrected chi connectivity index (χ1v) is 5.49. The van der Waals surface area contributed by atoms with Gasteiger partial charge in [0.1, 0.15) is 5.15 Å². The average molecular weight is 213 g/mol. The summed E-state index contributed by atoms with van der Waals surface area (Å²) in [6.45, 7) is 4.33. The molecule has 0 radical (unpaired) electrons. The molecule has 1 heterocycles. The Labute approximate surface area is 90.0 Å². The molecule has 2 N–H and O–H groups in total. The number of rotatable bonds is 1. The number of aromatic nitrogens is 1. The summed E-state index contributed by atoms with van der Waals surface area (Å²) in [6, 6.07) is 0.213. The Kier molecular flexibility index (Phi) is 2.36. The van der Waals surface area contributed by atoms with E-state index in [-0.39, 0.29) is 6.04 Å². The minimum absolute atomic E-state index is 0.213. The molecule has 1 aromatic rings. The van der Waals surface area contributed by atoms with E-state index in [2.05, 4.69) is 20.0 Å². The maximum Gasteiger partial charge on any atom is 0.112 e. The lowest BCUT2D eigenvalue weighted by molar-refractivity contribution is 0.437. The second-order valence-corrected chi connectivity index (χ2v) is 4.89. The van der Waals surface area contributed by atoms with Crippen LogP contribution in [-0.4, -0.2) is 10.6 Å². The van der Waals surface area contributed by atoms with Gasteiger partial charge in [-0.25, -0.2) is 0 Å². The first-order valence-electron chi connectivity index (χ1n) is 5.11. The van der Waals surface area contributed by atoms with E-state index in [0.29, 0.717) is 11.8 Å². The number of hydrogen-bond donors (Lipinski definition) is 1. The van der Waals surface area contributed by atoms with Crippen LogP contribution in [0.3, 0.4) is 0 Å². The smallest absolute Gasteiger partial charge is 0.112 e. The molecular formula is C11H17ClN2. The lowest BCUT2D eigenvalue weighted by Gasteiger charge is -2.20. The maximum atomic E-state index is 6.21. The summed E-state index contributed by atoms with van der Waals surface area (Å²) in [5.41, 5.74) is 8.68. The summed E-state index contributed by atoms with van der Waals surface area (Å²) in [5, 5.41) is 0.884. The van der Waals surface area contributed by atoms with E-state index in [1.165, 1.54) is 11.1 Å². The minimum atomic E-state index is 0.213. The van der Waals surface area contributed by atoms with E-state index >= 15 is 0 Å². The average Bonchev–Trinajstić information content (AvgIpc) is 2.51. The van der Waals surface area contributed by atoms with Gasteiger partial charge in [-0.05, 0) is 30.4 Å². The van der Waals surface area contributed by atoms with Crippen LogP contribution >= 0.6 is 11.6 Å². The third kappa shape index (κ3) is 1.29. The van der Waals surface area contributed by atoms with Gasteiger partial charge in [-0.2, -0.15) is 0 Å². The summed E-state index contributed by atoms with van der Waals surface area (Å²) < 4.78 is 1.99. The fourth-order valence-electron chi connectivity index (χ4n) is 2.72. The fraction of sp³-hybridized carbons (Fsp3) is 0.636. The van der Waals surface area contributed by atoms with Crippen molar-refractivity contribution in [3.8, 4) is 0 Å². The molecule has 0 aliphatic heterocycles. The molecule has 3 unspecified atom stereocenters. The summed E-state index contributed by atoms with van der Waals surface area (Å²) in [5.74, 6) is 1.10. The van der Waals surface area contributed by atoms with E-state index in [0.717, 1.165) is 11.6 Å². The van der Waals surface area contributed by atoms with Crippen molar-refractivity contribution < 1.29 is 0 Å². The van der Waals surface area contributed by atoms with Gasteiger partial charge in [0.05, 0.1) is 0 Å².